The van der Waals surface area contributed by atoms with Gasteiger partial charge in [-0.15, -0.1) is 0 Å². The molecule has 5 aliphatic rings. The van der Waals surface area contributed by atoms with Crippen molar-refractivity contribution in [2.45, 2.75) is 118 Å². The quantitative estimate of drug-likeness (QED) is 0.505. The maximum Gasteiger partial charge on any atom is 0.302 e. The number of allylic oxidation sites excluding steroid dienone is 1. The standard InChI is InChI=1S/C31H48O7/c1-15-12-19(36-18(4)32)23-28(7,8)14-30(10)24(22(33)20(15)31(23,30)34)37-26-29(9)13-27(5,6)17(3)21(29)16(2)25(35-11)38-26/h15,19-20,22-26,33-34H,3,12-14H2,1-2,4-11H3/t15-,19+,20-,22-,23+,24+,25+,26-,29+,30-,31-/m1/s1. The van der Waals surface area contributed by atoms with Crippen molar-refractivity contribution in [3.63, 3.8) is 0 Å². The van der Waals surface area contributed by atoms with E-state index in [0.29, 0.717) is 12.8 Å². The molecule has 4 fully saturated rings. The van der Waals surface area contributed by atoms with E-state index in [9.17, 15) is 15.0 Å². The summed E-state index contributed by atoms with van der Waals surface area (Å²) in [4.78, 5) is 12.1. The smallest absolute Gasteiger partial charge is 0.302 e. The van der Waals surface area contributed by atoms with E-state index in [4.69, 9.17) is 18.9 Å². The molecule has 7 heteroatoms. The van der Waals surface area contributed by atoms with Crippen LogP contribution in [0.5, 0.6) is 0 Å². The van der Waals surface area contributed by atoms with Crippen LogP contribution in [-0.2, 0) is 23.7 Å². The lowest BCUT2D eigenvalue weighted by molar-refractivity contribution is -0.301. The van der Waals surface area contributed by atoms with E-state index in [2.05, 4.69) is 41.2 Å². The number of aliphatic hydroxyl groups excluding tert-OH is 1. The summed E-state index contributed by atoms with van der Waals surface area (Å²) in [5, 5.41) is 24.6. The zero-order chi connectivity index (χ0) is 28.4. The van der Waals surface area contributed by atoms with Gasteiger partial charge in [0.15, 0.2) is 12.6 Å². The van der Waals surface area contributed by atoms with Crippen LogP contribution in [-0.4, -0.2) is 59.8 Å². The van der Waals surface area contributed by atoms with E-state index in [0.717, 1.165) is 23.1 Å². The average Bonchev–Trinajstić information content (AvgIpc) is 3.13. The Morgan fingerprint density at radius 1 is 1.13 bits per heavy atom. The number of fused-ring (bicyclic) bond motifs is 1. The van der Waals surface area contributed by atoms with Gasteiger partial charge in [0.2, 0.25) is 0 Å². The van der Waals surface area contributed by atoms with Crippen molar-refractivity contribution in [1.29, 1.82) is 0 Å². The number of carbonyl (C=O) groups is 1. The van der Waals surface area contributed by atoms with Gasteiger partial charge in [0.25, 0.3) is 0 Å². The van der Waals surface area contributed by atoms with Gasteiger partial charge in [0.1, 0.15) is 6.10 Å². The molecule has 2 N–H and O–H groups in total. The highest BCUT2D eigenvalue weighted by Gasteiger charge is 2.80. The molecule has 0 unspecified atom stereocenters. The van der Waals surface area contributed by atoms with Gasteiger partial charge in [0, 0.05) is 36.7 Å². The van der Waals surface area contributed by atoms with Crippen molar-refractivity contribution in [2.75, 3.05) is 7.11 Å². The summed E-state index contributed by atoms with van der Waals surface area (Å²) in [7, 11) is 1.63. The highest BCUT2D eigenvalue weighted by atomic mass is 16.8. The first-order chi connectivity index (χ1) is 17.4. The van der Waals surface area contributed by atoms with Gasteiger partial charge in [-0.3, -0.25) is 4.79 Å². The number of aliphatic hydroxyl groups is 2. The Morgan fingerprint density at radius 2 is 1.76 bits per heavy atom. The SMILES string of the molecule is C=C1C2=C(C)[C@@H](OC)O[C@@H](O[C@H]3[C@H](O)[C@H]4[C@H](C)C[C@H](OC(C)=O)[C@H]5C(C)(C)C[C@@]3(C)[C@@]45O)[C@@]2(C)CC1(C)C. The zero-order valence-electron chi connectivity index (χ0n) is 24.9. The molecule has 4 saturated carbocycles. The van der Waals surface area contributed by atoms with Crippen LogP contribution in [0.3, 0.4) is 0 Å². The minimum atomic E-state index is -1.26. The fourth-order valence-electron chi connectivity index (χ4n) is 10.4. The summed E-state index contributed by atoms with van der Waals surface area (Å²) in [6.45, 7) is 22.8. The van der Waals surface area contributed by atoms with Gasteiger partial charge < -0.3 is 29.2 Å². The molecule has 7 nitrogen and oxygen atoms in total. The minimum absolute atomic E-state index is 0.0603. The second kappa shape index (κ2) is 8.39. The molecule has 1 aliphatic heterocycles. The highest BCUT2D eigenvalue weighted by Crippen LogP contribution is 2.73. The molecule has 0 aromatic heterocycles. The average molecular weight is 533 g/mol. The van der Waals surface area contributed by atoms with Crippen LogP contribution >= 0.6 is 0 Å². The van der Waals surface area contributed by atoms with Crippen LogP contribution in [0.4, 0.5) is 0 Å². The van der Waals surface area contributed by atoms with Crippen molar-refractivity contribution in [2.24, 2.45) is 39.4 Å². The summed E-state index contributed by atoms with van der Waals surface area (Å²) in [6.07, 6.45) is -1.22. The fourth-order valence-corrected chi connectivity index (χ4v) is 10.4. The van der Waals surface area contributed by atoms with Crippen LogP contribution in [0.1, 0.15) is 81.6 Å². The second-order valence-electron chi connectivity index (χ2n) is 14.9. The number of ether oxygens (including phenoxy) is 4. The molecule has 5 rings (SSSR count). The molecule has 1 heterocycles. The maximum atomic E-state index is 12.7. The van der Waals surface area contributed by atoms with E-state index >= 15 is 0 Å². The monoisotopic (exact) mass is 532 g/mol. The Morgan fingerprint density at radius 3 is 2.34 bits per heavy atom. The van der Waals surface area contributed by atoms with Crippen molar-refractivity contribution in [3.05, 3.63) is 23.3 Å². The van der Waals surface area contributed by atoms with E-state index in [-0.39, 0.29) is 28.6 Å². The third kappa shape index (κ3) is 3.41. The van der Waals surface area contributed by atoms with Crippen molar-refractivity contribution < 1.29 is 34.0 Å². The Balaban J connectivity index is 1.58. The van der Waals surface area contributed by atoms with E-state index < -0.39 is 53.2 Å². The lowest BCUT2D eigenvalue weighted by atomic mass is 9.58. The summed E-state index contributed by atoms with van der Waals surface area (Å²) in [5.41, 5.74) is 0.219. The molecular weight excluding hydrogens is 484 g/mol. The van der Waals surface area contributed by atoms with Gasteiger partial charge in [-0.05, 0) is 59.7 Å². The third-order valence-corrected chi connectivity index (χ3v) is 11.3. The van der Waals surface area contributed by atoms with Gasteiger partial charge in [-0.1, -0.05) is 55.0 Å². The number of hydrogen-bond donors (Lipinski definition) is 2. The maximum absolute atomic E-state index is 12.7. The molecule has 214 valence electrons. The number of hydrogen-bond acceptors (Lipinski definition) is 7. The predicted octanol–water partition coefficient (Wildman–Crippen LogP) is 4.76. The topological polar surface area (TPSA) is 94.5 Å². The fraction of sp³-hybridized carbons (Fsp3) is 0.839. The summed E-state index contributed by atoms with van der Waals surface area (Å²) >= 11 is 0. The van der Waals surface area contributed by atoms with Gasteiger partial charge in [0.05, 0.1) is 17.8 Å². The van der Waals surface area contributed by atoms with Crippen LogP contribution < -0.4 is 0 Å². The number of esters is 1. The highest BCUT2D eigenvalue weighted by molar-refractivity contribution is 5.66. The predicted molar refractivity (Wildman–Crippen MR) is 143 cm³/mol. The summed E-state index contributed by atoms with van der Waals surface area (Å²) < 4.78 is 25.0. The number of rotatable bonds is 4. The van der Waals surface area contributed by atoms with Gasteiger partial charge in [-0.2, -0.15) is 0 Å². The van der Waals surface area contributed by atoms with Crippen molar-refractivity contribution >= 4 is 5.97 Å². The van der Waals surface area contributed by atoms with Crippen LogP contribution in [0, 0.1) is 39.4 Å². The first kappa shape index (κ1) is 28.3. The lowest BCUT2D eigenvalue weighted by Gasteiger charge is -2.52. The number of methoxy groups -OCH3 is 1. The van der Waals surface area contributed by atoms with Crippen molar-refractivity contribution in [1.82, 2.24) is 0 Å². The second-order valence-corrected chi connectivity index (χ2v) is 14.9. The van der Waals surface area contributed by atoms with Crippen LogP contribution in [0.25, 0.3) is 0 Å². The number of carbonyl (C=O) groups excluding carboxylic acids is 1. The Hall–Kier alpha value is -1.25. The molecule has 4 aliphatic carbocycles. The Bertz CT molecular complexity index is 1080. The molecule has 0 saturated heterocycles. The van der Waals surface area contributed by atoms with E-state index in [1.165, 1.54) is 6.92 Å². The first-order valence-corrected chi connectivity index (χ1v) is 14.2. The molecular formula is C31H48O7. The summed E-state index contributed by atoms with van der Waals surface area (Å²) in [5.74, 6) is -1.12. The van der Waals surface area contributed by atoms with Crippen LogP contribution in [0.15, 0.2) is 23.3 Å². The Kier molecular flexibility index (Phi) is 6.24. The minimum Gasteiger partial charge on any atom is -0.462 e. The normalized spacial score (nSPS) is 50.7. The van der Waals surface area contributed by atoms with E-state index in [1.54, 1.807) is 7.11 Å². The molecule has 0 bridgehead atoms. The third-order valence-electron chi connectivity index (χ3n) is 11.3. The molecule has 38 heavy (non-hydrogen) atoms. The molecule has 0 radical (unpaired) electrons. The lowest BCUT2D eigenvalue weighted by Crippen LogP contribution is -2.60. The van der Waals surface area contributed by atoms with Gasteiger partial charge in [-0.25, -0.2) is 0 Å². The molecule has 11 atom stereocenters. The summed E-state index contributed by atoms with van der Waals surface area (Å²) in [6, 6.07) is 0. The molecule has 0 aromatic rings. The van der Waals surface area contributed by atoms with E-state index in [1.807, 2.05) is 20.8 Å². The molecule has 0 spiro atoms. The molecule has 0 aromatic carbocycles. The first-order valence-electron chi connectivity index (χ1n) is 14.2. The zero-order valence-corrected chi connectivity index (χ0v) is 24.9. The van der Waals surface area contributed by atoms with Crippen LogP contribution in [0.2, 0.25) is 0 Å². The largest absolute Gasteiger partial charge is 0.462 e. The molecule has 0 amide bonds. The van der Waals surface area contributed by atoms with Gasteiger partial charge >= 0.3 is 5.97 Å². The van der Waals surface area contributed by atoms with Crippen molar-refractivity contribution in [3.8, 4) is 0 Å². The Labute approximate surface area is 227 Å².